The van der Waals surface area contributed by atoms with Crippen LogP contribution in [-0.4, -0.2) is 90.7 Å². The summed E-state index contributed by atoms with van der Waals surface area (Å²) in [7, 11) is 0. The predicted molar refractivity (Wildman–Crippen MR) is 66.1 cm³/mol. The van der Waals surface area contributed by atoms with Crippen LogP contribution in [0.3, 0.4) is 0 Å². The van der Waals surface area contributed by atoms with Crippen molar-refractivity contribution in [2.75, 3.05) is 13.2 Å². The van der Waals surface area contributed by atoms with Gasteiger partial charge in [-0.3, -0.25) is 0 Å². The number of hydrogen-bond acceptors (Lipinski definition) is 9. The van der Waals surface area contributed by atoms with Gasteiger partial charge < -0.3 is 0 Å². The number of hydrogen-bond donors (Lipinski definition) is 5. The zero-order valence-corrected chi connectivity index (χ0v) is 12.9. The van der Waals surface area contributed by atoms with Gasteiger partial charge in [0, 0.05) is 0 Å². The van der Waals surface area contributed by atoms with E-state index in [4.69, 9.17) is 5.11 Å². The Kier molecular flexibility index (Phi) is 7.12. The normalized spacial score (nSPS) is 35.0. The molecule has 0 aromatic heterocycles. The van der Waals surface area contributed by atoms with E-state index in [9.17, 15) is 34.1 Å². The van der Waals surface area contributed by atoms with Crippen molar-refractivity contribution in [3.8, 4) is 0 Å². The zero-order valence-electron chi connectivity index (χ0n) is 10.4. The molecule has 9 nitrogen and oxygen atoms in total. The molecule has 5 N–H and O–H groups in total. The van der Waals surface area contributed by atoms with E-state index < -0.39 is 60.9 Å². The van der Waals surface area contributed by atoms with E-state index in [0.717, 1.165) is 0 Å². The summed E-state index contributed by atoms with van der Waals surface area (Å²) in [5, 5.41) is 47.3. The van der Waals surface area contributed by atoms with Crippen molar-refractivity contribution in [3.63, 3.8) is 0 Å². The first kappa shape index (κ1) is 18.6. The average molecular weight is 381 g/mol. The van der Waals surface area contributed by atoms with E-state index in [1.165, 1.54) is 0 Å². The molecule has 0 spiro atoms. The van der Waals surface area contributed by atoms with Crippen LogP contribution in [-0.2, 0) is 4.18 Å². The summed E-state index contributed by atoms with van der Waals surface area (Å²) >= 11 is -6.90. The molecular weight excluding hydrogens is 363 g/mol. The Morgan fingerprint density at radius 1 is 1.25 bits per heavy atom. The fourth-order valence-electron chi connectivity index (χ4n) is 1.99. The van der Waals surface area contributed by atoms with Gasteiger partial charge in [0.05, 0.1) is 0 Å². The number of aliphatic hydroxyl groups is 5. The van der Waals surface area contributed by atoms with Gasteiger partial charge >= 0.3 is 122 Å². The quantitative estimate of drug-likeness (QED) is 0.296. The van der Waals surface area contributed by atoms with E-state index in [0.29, 0.717) is 0 Å². The summed E-state index contributed by atoms with van der Waals surface area (Å²) in [5.41, 5.74) is 0. The Morgan fingerprint density at radius 3 is 2.30 bits per heavy atom. The first-order valence-electron chi connectivity index (χ1n) is 5.76. The van der Waals surface area contributed by atoms with E-state index in [2.05, 4.69) is 4.18 Å². The van der Waals surface area contributed by atoms with Crippen molar-refractivity contribution in [2.45, 2.75) is 39.9 Å². The summed E-state index contributed by atoms with van der Waals surface area (Å²) in [6, 6.07) is 0. The third kappa shape index (κ3) is 5.05. The molecule has 122 valence electrons. The van der Waals surface area contributed by atoms with Gasteiger partial charge in [0.25, 0.3) is 0 Å². The van der Waals surface area contributed by atoms with Gasteiger partial charge in [-0.05, 0) is 0 Å². The molecule has 1 fully saturated rings. The van der Waals surface area contributed by atoms with Crippen LogP contribution in [0.25, 0.3) is 0 Å². The van der Waals surface area contributed by atoms with Crippen molar-refractivity contribution in [1.29, 1.82) is 0 Å². The monoisotopic (exact) mass is 382 g/mol. The fourth-order valence-corrected chi connectivity index (χ4v) is 8.16. The van der Waals surface area contributed by atoms with Gasteiger partial charge in [0.1, 0.15) is 0 Å². The summed E-state index contributed by atoms with van der Waals surface area (Å²) in [5.74, 6) is 0. The second-order valence-electron chi connectivity index (χ2n) is 4.44. The van der Waals surface area contributed by atoms with Crippen LogP contribution in [0, 0.1) is 0 Å². The van der Waals surface area contributed by atoms with Gasteiger partial charge in [0.15, 0.2) is 0 Å². The molecular formula is C9H18O9SSe-2. The van der Waals surface area contributed by atoms with Crippen molar-refractivity contribution in [2.24, 2.45) is 0 Å². The van der Waals surface area contributed by atoms with Gasteiger partial charge in [-0.15, -0.1) is 0 Å². The molecule has 0 aromatic rings. The summed E-state index contributed by atoms with van der Waals surface area (Å²) in [4.78, 5) is -0.553. The van der Waals surface area contributed by atoms with Crippen LogP contribution in [0.15, 0.2) is 0 Å². The molecule has 1 aliphatic rings. The molecule has 1 saturated heterocycles. The molecule has 0 saturated carbocycles. The maximum absolute atomic E-state index is 10.5. The van der Waals surface area contributed by atoms with Gasteiger partial charge in [-0.25, -0.2) is 0 Å². The molecule has 1 unspecified atom stereocenters. The van der Waals surface area contributed by atoms with Crippen LogP contribution in [0.2, 0.25) is 15.5 Å². The van der Waals surface area contributed by atoms with Gasteiger partial charge in [-0.2, -0.15) is 0 Å². The molecule has 20 heavy (non-hydrogen) atoms. The van der Waals surface area contributed by atoms with E-state index >= 15 is 0 Å². The molecule has 0 bridgehead atoms. The first-order valence-corrected chi connectivity index (χ1v) is 10.5. The maximum atomic E-state index is 10.5. The predicted octanol–water partition coefficient (Wildman–Crippen LogP) is -2.57. The van der Waals surface area contributed by atoms with Crippen molar-refractivity contribution in [1.82, 2.24) is 0 Å². The van der Waals surface area contributed by atoms with Crippen LogP contribution in [0.5, 0.6) is 0 Å². The summed E-state index contributed by atoms with van der Waals surface area (Å²) in [6.07, 6.45) is -5.11. The van der Waals surface area contributed by atoms with Crippen molar-refractivity contribution >= 4 is 25.1 Å². The van der Waals surface area contributed by atoms with E-state index in [1.807, 2.05) is 0 Å². The minimum atomic E-state index is -5.06. The van der Waals surface area contributed by atoms with Crippen LogP contribution in [0.4, 0.5) is 0 Å². The fraction of sp³-hybridized carbons (Fsp3) is 1.00. The van der Waals surface area contributed by atoms with Crippen LogP contribution in [0.1, 0.15) is 0 Å². The molecule has 0 aromatic carbocycles. The first-order chi connectivity index (χ1) is 9.19. The molecule has 1 heterocycles. The van der Waals surface area contributed by atoms with E-state index in [-0.39, 0.29) is 17.2 Å². The van der Waals surface area contributed by atoms with Crippen LogP contribution < -0.4 is 0 Å². The molecule has 0 amide bonds. The Morgan fingerprint density at radius 2 is 1.85 bits per heavy atom. The molecule has 0 radical (unpaired) electrons. The van der Waals surface area contributed by atoms with E-state index in [1.54, 1.807) is 0 Å². The average Bonchev–Trinajstić information content (AvgIpc) is 2.60. The Labute approximate surface area is 122 Å². The number of aliphatic hydroxyl groups excluding tert-OH is 5. The standard InChI is InChI=1S/C9H20O9SSe/c10-1-7(18-19(15,16)17)5(12)3-20-4-6(13)9(14)8(20)2-11/h5-14H,1-4H2,(H2-,15,16,17)/p-2/t5-,6+,7+,8+,9-,20?/m0/s1. The zero-order chi connectivity index (χ0) is 15.5. The summed E-state index contributed by atoms with van der Waals surface area (Å²) in [6.45, 7) is -1.23. The van der Waals surface area contributed by atoms with Gasteiger partial charge in [0.2, 0.25) is 0 Å². The van der Waals surface area contributed by atoms with Crippen LogP contribution >= 0.6 is 11.2 Å². The third-order valence-electron chi connectivity index (χ3n) is 3.00. The SMILES string of the molecule is [O-]S([O-])([O-])O[C@H](CO)[C@@H](O)C[Se+]1C[C@@H](O)[C@H](O)[C@H]1CO. The van der Waals surface area contributed by atoms with Gasteiger partial charge in [-0.1, -0.05) is 0 Å². The third-order valence-corrected chi connectivity index (χ3v) is 9.41. The molecule has 11 heteroatoms. The Bertz CT molecular complexity index is 302. The second kappa shape index (κ2) is 7.68. The van der Waals surface area contributed by atoms with Crippen molar-refractivity contribution in [3.05, 3.63) is 0 Å². The second-order valence-corrected chi connectivity index (χ2v) is 10.4. The molecule has 6 atom stereocenters. The minimum absolute atomic E-state index is 0.0138. The molecule has 1 aliphatic heterocycles. The van der Waals surface area contributed by atoms with Crippen molar-refractivity contribution < 1.29 is 43.4 Å². The number of rotatable bonds is 7. The topological polar surface area (TPSA) is 180 Å². The molecule has 0 aliphatic carbocycles. The Hall–Kier alpha value is 0.509. The Balaban J connectivity index is 2.62. The molecule has 1 rings (SSSR count). The summed E-state index contributed by atoms with van der Waals surface area (Å²) < 4.78 is 35.4.